The van der Waals surface area contributed by atoms with Crippen molar-refractivity contribution in [1.82, 2.24) is 9.97 Å². The minimum absolute atomic E-state index is 0.113. The number of benzene rings is 1. The first-order valence-electron chi connectivity index (χ1n) is 4.56. The fourth-order valence-corrected chi connectivity index (χ4v) is 1.61. The number of nitrogens with two attached hydrogens (primary N) is 1. The summed E-state index contributed by atoms with van der Waals surface area (Å²) in [5, 5.41) is 4.01. The Morgan fingerprint density at radius 2 is 1.88 bits per heavy atom. The highest BCUT2D eigenvalue weighted by Gasteiger charge is 2.05. The van der Waals surface area contributed by atoms with Crippen LogP contribution in [0.15, 0.2) is 24.4 Å². The molecule has 7 heteroatoms. The zero-order valence-electron chi connectivity index (χ0n) is 8.42. The molecule has 17 heavy (non-hydrogen) atoms. The molecule has 1 aromatic heterocycles. The average molecular weight is 290 g/mol. The molecule has 0 aliphatic heterocycles. The molecule has 0 saturated heterocycles. The van der Waals surface area contributed by atoms with E-state index < -0.39 is 0 Å². The van der Waals surface area contributed by atoms with Crippen molar-refractivity contribution in [2.75, 3.05) is 11.1 Å². The number of anilines is 3. The summed E-state index contributed by atoms with van der Waals surface area (Å²) in [7, 11) is 0. The van der Waals surface area contributed by atoms with Gasteiger partial charge in [0.1, 0.15) is 0 Å². The molecule has 88 valence electrons. The highest BCUT2D eigenvalue weighted by molar-refractivity contribution is 6.42. The fraction of sp³-hybridized carbons (Fsp3) is 0. The second kappa shape index (κ2) is 4.96. The highest BCUT2D eigenvalue weighted by atomic mass is 35.5. The lowest BCUT2D eigenvalue weighted by Gasteiger charge is -2.08. The van der Waals surface area contributed by atoms with Crippen molar-refractivity contribution < 1.29 is 0 Å². The van der Waals surface area contributed by atoms with Crippen LogP contribution in [0.5, 0.6) is 0 Å². The predicted octanol–water partition coefficient (Wildman–Crippen LogP) is 3.76. The summed E-state index contributed by atoms with van der Waals surface area (Å²) in [5.41, 5.74) is 6.80. The van der Waals surface area contributed by atoms with Crippen LogP contribution in [-0.2, 0) is 0 Å². The van der Waals surface area contributed by atoms with Crippen LogP contribution < -0.4 is 11.1 Å². The molecule has 0 spiro atoms. The van der Waals surface area contributed by atoms with Crippen LogP contribution in [0.3, 0.4) is 0 Å². The molecule has 2 aromatic rings. The number of aromatic nitrogens is 2. The van der Waals surface area contributed by atoms with Crippen molar-refractivity contribution in [3.05, 3.63) is 39.7 Å². The van der Waals surface area contributed by atoms with Gasteiger partial charge in [-0.1, -0.05) is 23.2 Å². The van der Waals surface area contributed by atoms with Gasteiger partial charge in [-0.25, -0.2) is 4.98 Å². The Balaban J connectivity index is 2.31. The van der Waals surface area contributed by atoms with Crippen LogP contribution >= 0.6 is 34.8 Å². The molecule has 0 amide bonds. The molecular formula is C10H7Cl3N4. The van der Waals surface area contributed by atoms with Crippen molar-refractivity contribution in [1.29, 1.82) is 0 Å². The smallest absolute Gasteiger partial charge is 0.224 e. The van der Waals surface area contributed by atoms with Gasteiger partial charge in [0.15, 0.2) is 5.82 Å². The first-order chi connectivity index (χ1) is 8.06. The molecule has 1 heterocycles. The number of hydrogen-bond donors (Lipinski definition) is 2. The molecule has 0 aliphatic rings. The fourth-order valence-electron chi connectivity index (χ4n) is 1.18. The molecule has 1 aromatic carbocycles. The van der Waals surface area contributed by atoms with Gasteiger partial charge in [0.25, 0.3) is 0 Å². The van der Waals surface area contributed by atoms with Crippen LogP contribution in [0, 0.1) is 0 Å². The average Bonchev–Trinajstić information content (AvgIpc) is 2.29. The summed E-state index contributed by atoms with van der Waals surface area (Å²) in [6, 6.07) is 5.09. The van der Waals surface area contributed by atoms with Gasteiger partial charge in [-0.15, -0.1) is 0 Å². The van der Waals surface area contributed by atoms with Gasteiger partial charge in [0.2, 0.25) is 5.28 Å². The molecule has 0 saturated carbocycles. The molecule has 0 aliphatic carbocycles. The van der Waals surface area contributed by atoms with Gasteiger partial charge in [0, 0.05) is 5.69 Å². The molecule has 0 bridgehead atoms. The van der Waals surface area contributed by atoms with E-state index in [0.29, 0.717) is 27.2 Å². The Labute approximate surface area is 113 Å². The normalized spacial score (nSPS) is 10.3. The number of nitrogens with zero attached hydrogens (tertiary/aromatic N) is 2. The second-order valence-corrected chi connectivity index (χ2v) is 4.35. The maximum Gasteiger partial charge on any atom is 0.224 e. The topological polar surface area (TPSA) is 63.8 Å². The van der Waals surface area contributed by atoms with Gasteiger partial charge in [0.05, 0.1) is 21.9 Å². The summed E-state index contributed by atoms with van der Waals surface area (Å²) in [5.74, 6) is 0.420. The molecule has 0 radical (unpaired) electrons. The van der Waals surface area contributed by atoms with Crippen LogP contribution in [0.4, 0.5) is 17.2 Å². The van der Waals surface area contributed by atoms with Crippen molar-refractivity contribution in [3.8, 4) is 0 Å². The molecule has 2 rings (SSSR count). The number of nitrogen functional groups attached to an aromatic ring is 1. The van der Waals surface area contributed by atoms with Gasteiger partial charge < -0.3 is 11.1 Å². The molecule has 0 atom stereocenters. The monoisotopic (exact) mass is 288 g/mol. The maximum absolute atomic E-state index is 5.89. The minimum atomic E-state index is 0.113. The standard InChI is InChI=1S/C10H7Cl3N4/c11-6-2-1-5(3-7(6)12)16-9-8(14)4-15-10(13)17-9/h1-4H,14H2,(H,15,16,17). The zero-order chi connectivity index (χ0) is 12.4. The molecule has 3 N–H and O–H groups in total. The summed E-state index contributed by atoms with van der Waals surface area (Å²) >= 11 is 17.4. The van der Waals surface area contributed by atoms with Crippen molar-refractivity contribution in [3.63, 3.8) is 0 Å². The summed E-state index contributed by atoms with van der Waals surface area (Å²) in [6.45, 7) is 0. The first kappa shape index (κ1) is 12.2. The lowest BCUT2D eigenvalue weighted by molar-refractivity contribution is 1.17. The summed E-state index contributed by atoms with van der Waals surface area (Å²) in [4.78, 5) is 7.72. The van der Waals surface area contributed by atoms with Crippen molar-refractivity contribution in [2.24, 2.45) is 0 Å². The van der Waals surface area contributed by atoms with Crippen LogP contribution in [-0.4, -0.2) is 9.97 Å². The van der Waals surface area contributed by atoms with Gasteiger partial charge in [-0.05, 0) is 29.8 Å². The number of hydrogen-bond acceptors (Lipinski definition) is 4. The van der Waals surface area contributed by atoms with Crippen LogP contribution in [0.2, 0.25) is 15.3 Å². The van der Waals surface area contributed by atoms with Crippen LogP contribution in [0.1, 0.15) is 0 Å². The lowest BCUT2D eigenvalue weighted by Crippen LogP contribution is -2.00. The SMILES string of the molecule is Nc1cnc(Cl)nc1Nc1ccc(Cl)c(Cl)c1. The van der Waals surface area contributed by atoms with E-state index in [4.69, 9.17) is 40.5 Å². The molecule has 0 fully saturated rings. The first-order valence-corrected chi connectivity index (χ1v) is 5.70. The Morgan fingerprint density at radius 1 is 1.12 bits per heavy atom. The Kier molecular flexibility index (Phi) is 3.57. The molecular weight excluding hydrogens is 282 g/mol. The van der Waals surface area contributed by atoms with E-state index in [1.807, 2.05) is 0 Å². The van der Waals surface area contributed by atoms with E-state index in [2.05, 4.69) is 15.3 Å². The molecule has 4 nitrogen and oxygen atoms in total. The maximum atomic E-state index is 5.89. The predicted molar refractivity (Wildman–Crippen MR) is 71.2 cm³/mol. The van der Waals surface area contributed by atoms with Crippen molar-refractivity contribution >= 4 is 52.0 Å². The number of nitrogens with one attached hydrogen (secondary N) is 1. The molecule has 0 unspecified atom stereocenters. The lowest BCUT2D eigenvalue weighted by atomic mass is 10.3. The second-order valence-electron chi connectivity index (χ2n) is 3.20. The Bertz CT molecular complexity index is 559. The van der Waals surface area contributed by atoms with Crippen LogP contribution in [0.25, 0.3) is 0 Å². The minimum Gasteiger partial charge on any atom is -0.394 e. The largest absolute Gasteiger partial charge is 0.394 e. The third kappa shape index (κ3) is 2.91. The van der Waals surface area contributed by atoms with E-state index in [9.17, 15) is 0 Å². The third-order valence-electron chi connectivity index (χ3n) is 1.97. The Hall–Kier alpha value is -1.23. The highest BCUT2D eigenvalue weighted by Crippen LogP contribution is 2.28. The third-order valence-corrected chi connectivity index (χ3v) is 2.89. The summed E-state index contributed by atoms with van der Waals surface area (Å²) < 4.78 is 0. The Morgan fingerprint density at radius 3 is 2.59 bits per heavy atom. The van der Waals surface area contributed by atoms with E-state index in [1.54, 1.807) is 18.2 Å². The van der Waals surface area contributed by atoms with Crippen molar-refractivity contribution in [2.45, 2.75) is 0 Å². The van der Waals surface area contributed by atoms with E-state index in [-0.39, 0.29) is 5.28 Å². The van der Waals surface area contributed by atoms with Gasteiger partial charge in [-0.3, -0.25) is 0 Å². The van der Waals surface area contributed by atoms with Gasteiger partial charge in [-0.2, -0.15) is 4.98 Å². The zero-order valence-corrected chi connectivity index (χ0v) is 10.7. The summed E-state index contributed by atoms with van der Waals surface area (Å²) in [6.07, 6.45) is 1.43. The van der Waals surface area contributed by atoms with E-state index in [1.165, 1.54) is 6.20 Å². The van der Waals surface area contributed by atoms with E-state index >= 15 is 0 Å². The van der Waals surface area contributed by atoms with E-state index in [0.717, 1.165) is 0 Å². The van der Waals surface area contributed by atoms with Gasteiger partial charge >= 0.3 is 0 Å². The quantitative estimate of drug-likeness (QED) is 0.826. The number of rotatable bonds is 2. The number of halogens is 3.